The number of phenols is 2. The zero-order valence-electron chi connectivity index (χ0n) is 12.8. The molecule has 0 aliphatic carbocycles. The Bertz CT molecular complexity index is 929. The van der Waals surface area contributed by atoms with Gasteiger partial charge in [-0.1, -0.05) is 35.3 Å². The topological polar surface area (TPSA) is 107 Å². The highest BCUT2D eigenvalue weighted by molar-refractivity contribution is 7.85. The van der Waals surface area contributed by atoms with Gasteiger partial charge in [-0.05, 0) is 41.8 Å². The molecule has 0 amide bonds. The van der Waals surface area contributed by atoms with E-state index < -0.39 is 21.6 Å². The third-order valence-electron chi connectivity index (χ3n) is 4.30. The average molecular weight is 404 g/mol. The van der Waals surface area contributed by atoms with Gasteiger partial charge < -0.3 is 15.5 Å². The molecule has 2 aromatic carbocycles. The van der Waals surface area contributed by atoms with Crippen LogP contribution in [-0.2, 0) is 16.5 Å². The standard InChI is InChI=1S/C16H15Cl2NO5S/c17-13-10-5-6-19-7-11(12(10)14(18)16(21)15(13)20)8-1-3-9(4-2-8)25(22,23)24/h1-4,11,19-21H,5-7H2,(H,22,23,24). The van der Waals surface area contributed by atoms with E-state index in [-0.39, 0.29) is 20.9 Å². The number of nitrogens with one attached hydrogen (secondary N) is 1. The molecule has 0 bridgehead atoms. The molecule has 0 fully saturated rings. The van der Waals surface area contributed by atoms with Crippen molar-refractivity contribution in [2.24, 2.45) is 0 Å². The lowest BCUT2D eigenvalue weighted by molar-refractivity contribution is 0.403. The van der Waals surface area contributed by atoms with E-state index in [9.17, 15) is 18.6 Å². The smallest absolute Gasteiger partial charge is 0.294 e. The monoisotopic (exact) mass is 403 g/mol. The molecule has 0 aromatic heterocycles. The van der Waals surface area contributed by atoms with Gasteiger partial charge in [-0.3, -0.25) is 4.55 Å². The lowest BCUT2D eigenvalue weighted by atomic mass is 9.87. The molecule has 1 aliphatic rings. The minimum Gasteiger partial charge on any atom is -0.503 e. The molecule has 3 rings (SSSR count). The van der Waals surface area contributed by atoms with E-state index in [2.05, 4.69) is 5.32 Å². The molecule has 1 aliphatic heterocycles. The van der Waals surface area contributed by atoms with Gasteiger partial charge in [-0.2, -0.15) is 8.42 Å². The zero-order valence-corrected chi connectivity index (χ0v) is 15.2. The minimum absolute atomic E-state index is 0.0180. The highest BCUT2D eigenvalue weighted by atomic mass is 35.5. The average Bonchev–Trinajstić information content (AvgIpc) is 2.80. The minimum atomic E-state index is -4.28. The van der Waals surface area contributed by atoms with E-state index in [0.717, 1.165) is 5.56 Å². The third-order valence-corrected chi connectivity index (χ3v) is 5.95. The lowest BCUT2D eigenvalue weighted by Crippen LogP contribution is -2.21. The molecule has 4 N–H and O–H groups in total. The first-order valence-electron chi connectivity index (χ1n) is 7.41. The van der Waals surface area contributed by atoms with Crippen LogP contribution in [0.15, 0.2) is 29.2 Å². The van der Waals surface area contributed by atoms with Crippen molar-refractivity contribution in [1.82, 2.24) is 5.32 Å². The molecule has 6 nitrogen and oxygen atoms in total. The predicted molar refractivity (Wildman–Crippen MR) is 94.5 cm³/mol. The van der Waals surface area contributed by atoms with E-state index >= 15 is 0 Å². The molecule has 0 spiro atoms. The fraction of sp³-hybridized carbons (Fsp3) is 0.250. The molecule has 9 heteroatoms. The van der Waals surface area contributed by atoms with Gasteiger partial charge in [0.25, 0.3) is 10.1 Å². The van der Waals surface area contributed by atoms with Crippen molar-refractivity contribution in [3.8, 4) is 11.5 Å². The number of fused-ring (bicyclic) bond motifs is 1. The van der Waals surface area contributed by atoms with Gasteiger partial charge in [-0.25, -0.2) is 0 Å². The van der Waals surface area contributed by atoms with Crippen LogP contribution in [0.2, 0.25) is 10.0 Å². The van der Waals surface area contributed by atoms with Gasteiger partial charge in [0.05, 0.1) is 14.9 Å². The van der Waals surface area contributed by atoms with Crippen molar-refractivity contribution in [3.05, 3.63) is 51.0 Å². The van der Waals surface area contributed by atoms with Gasteiger partial charge in [-0.15, -0.1) is 0 Å². The van der Waals surface area contributed by atoms with Crippen LogP contribution in [0, 0.1) is 0 Å². The first kappa shape index (κ1) is 18.3. The fourth-order valence-electron chi connectivity index (χ4n) is 3.06. The summed E-state index contributed by atoms with van der Waals surface area (Å²) in [5.74, 6) is -1.25. The molecule has 0 saturated carbocycles. The highest BCUT2D eigenvalue weighted by Crippen LogP contribution is 2.48. The summed E-state index contributed by atoms with van der Waals surface area (Å²) in [6.07, 6.45) is 0.515. The van der Waals surface area contributed by atoms with Crippen molar-refractivity contribution >= 4 is 33.3 Å². The van der Waals surface area contributed by atoms with Crippen molar-refractivity contribution in [3.63, 3.8) is 0 Å². The van der Waals surface area contributed by atoms with Crippen LogP contribution in [0.5, 0.6) is 11.5 Å². The molecular weight excluding hydrogens is 389 g/mol. The number of rotatable bonds is 2. The third kappa shape index (κ3) is 3.30. The predicted octanol–water partition coefficient (Wildman–Crippen LogP) is 2.93. The van der Waals surface area contributed by atoms with Gasteiger partial charge in [0, 0.05) is 12.5 Å². The van der Waals surface area contributed by atoms with Crippen molar-refractivity contribution < 1.29 is 23.2 Å². The molecule has 0 radical (unpaired) electrons. The molecule has 25 heavy (non-hydrogen) atoms. The van der Waals surface area contributed by atoms with Gasteiger partial charge >= 0.3 is 0 Å². The Kier molecular flexibility index (Phi) is 4.87. The maximum Gasteiger partial charge on any atom is 0.294 e. The van der Waals surface area contributed by atoms with E-state index in [0.29, 0.717) is 30.6 Å². The first-order chi connectivity index (χ1) is 11.7. The number of halogens is 2. The molecule has 1 atom stereocenters. The maximum absolute atomic E-state index is 11.2. The number of benzene rings is 2. The van der Waals surface area contributed by atoms with Crippen LogP contribution in [0.4, 0.5) is 0 Å². The molecular formula is C16H15Cl2NO5S. The Balaban J connectivity index is 2.17. The molecule has 0 saturated heterocycles. The van der Waals surface area contributed by atoms with Crippen molar-refractivity contribution in [2.75, 3.05) is 13.1 Å². The second-order valence-corrected chi connectivity index (χ2v) is 7.95. The summed E-state index contributed by atoms with van der Waals surface area (Å²) in [6, 6.07) is 5.73. The van der Waals surface area contributed by atoms with Crippen LogP contribution in [0.3, 0.4) is 0 Å². The number of aromatic hydroxyl groups is 2. The number of phenolic OH excluding ortho intramolecular Hbond substituents is 2. The largest absolute Gasteiger partial charge is 0.503 e. The Hall–Kier alpha value is -1.51. The molecule has 1 unspecified atom stereocenters. The van der Waals surface area contributed by atoms with Gasteiger partial charge in [0.15, 0.2) is 11.5 Å². The quantitative estimate of drug-likeness (QED) is 0.453. The maximum atomic E-state index is 11.2. The summed E-state index contributed by atoms with van der Waals surface area (Å²) < 4.78 is 31.5. The summed E-state index contributed by atoms with van der Waals surface area (Å²) in [4.78, 5) is -0.212. The normalized spacial score (nSPS) is 17.8. The summed E-state index contributed by atoms with van der Waals surface area (Å²) in [5, 5.41) is 23.3. The number of hydrogen-bond donors (Lipinski definition) is 4. The summed E-state index contributed by atoms with van der Waals surface area (Å²) >= 11 is 12.5. The summed E-state index contributed by atoms with van der Waals surface area (Å²) in [6.45, 7) is 1.09. The Morgan fingerprint density at radius 3 is 2.24 bits per heavy atom. The summed E-state index contributed by atoms with van der Waals surface area (Å²) in [7, 11) is -4.28. The Morgan fingerprint density at radius 1 is 1.04 bits per heavy atom. The van der Waals surface area contributed by atoms with Gasteiger partial charge in [0.1, 0.15) is 0 Å². The van der Waals surface area contributed by atoms with E-state index in [1.807, 2.05) is 0 Å². The van der Waals surface area contributed by atoms with Crippen LogP contribution < -0.4 is 5.32 Å². The second-order valence-electron chi connectivity index (χ2n) is 5.77. The lowest BCUT2D eigenvalue weighted by Gasteiger charge is -2.22. The van der Waals surface area contributed by atoms with Crippen LogP contribution in [-0.4, -0.2) is 36.3 Å². The van der Waals surface area contributed by atoms with Crippen LogP contribution >= 0.6 is 23.2 Å². The van der Waals surface area contributed by atoms with Crippen LogP contribution in [0.1, 0.15) is 22.6 Å². The SMILES string of the molecule is O=S(=O)(O)c1ccc(C2CNCCc3c(Cl)c(O)c(O)c(Cl)c32)cc1. The van der Waals surface area contributed by atoms with Crippen molar-refractivity contribution in [1.29, 1.82) is 0 Å². The molecule has 2 aromatic rings. The van der Waals surface area contributed by atoms with E-state index in [4.69, 9.17) is 27.8 Å². The molecule has 1 heterocycles. The summed E-state index contributed by atoms with van der Waals surface area (Å²) in [5.41, 5.74) is 1.95. The van der Waals surface area contributed by atoms with E-state index in [1.165, 1.54) is 12.1 Å². The van der Waals surface area contributed by atoms with Crippen LogP contribution in [0.25, 0.3) is 0 Å². The zero-order chi connectivity index (χ0) is 18.4. The Morgan fingerprint density at radius 2 is 1.64 bits per heavy atom. The first-order valence-corrected chi connectivity index (χ1v) is 9.61. The highest BCUT2D eigenvalue weighted by Gasteiger charge is 2.29. The number of hydrogen-bond acceptors (Lipinski definition) is 5. The van der Waals surface area contributed by atoms with Gasteiger partial charge in [0.2, 0.25) is 0 Å². The van der Waals surface area contributed by atoms with E-state index in [1.54, 1.807) is 12.1 Å². The van der Waals surface area contributed by atoms with Crippen molar-refractivity contribution in [2.45, 2.75) is 17.2 Å². The Labute approximate surface area is 154 Å². The second kappa shape index (κ2) is 6.66. The molecule has 134 valence electrons. The fourth-order valence-corrected chi connectivity index (χ4v) is 4.16.